The van der Waals surface area contributed by atoms with Gasteiger partial charge in [-0.25, -0.2) is 0 Å². The summed E-state index contributed by atoms with van der Waals surface area (Å²) < 4.78 is 5.12. The molecule has 2 heteroatoms. The number of hydrogen-bond acceptors (Lipinski definition) is 1. The van der Waals surface area contributed by atoms with Crippen LogP contribution in [0.25, 0.3) is 81.0 Å². The fraction of sp³-hybridized carbons (Fsp3) is 0. The summed E-state index contributed by atoms with van der Waals surface area (Å²) in [7, 11) is 0. The quantitative estimate of drug-likeness (QED) is 0.196. The zero-order valence-electron chi connectivity index (χ0n) is 23.9. The summed E-state index contributed by atoms with van der Waals surface area (Å²) in [5, 5.41) is 5.24. The number of thiophene rings is 1. The van der Waals surface area contributed by atoms with Crippen LogP contribution >= 0.6 is 11.3 Å². The molecule has 0 fully saturated rings. The van der Waals surface area contributed by atoms with Crippen LogP contribution in [-0.4, -0.2) is 4.57 Å². The molecular formula is C42H27NS. The summed E-state index contributed by atoms with van der Waals surface area (Å²) >= 11 is 1.88. The van der Waals surface area contributed by atoms with E-state index in [0.717, 1.165) is 0 Å². The van der Waals surface area contributed by atoms with Crippen molar-refractivity contribution in [1.82, 2.24) is 4.57 Å². The lowest BCUT2D eigenvalue weighted by molar-refractivity contribution is 1.19. The van der Waals surface area contributed by atoms with Crippen molar-refractivity contribution in [2.45, 2.75) is 0 Å². The van der Waals surface area contributed by atoms with Gasteiger partial charge in [0.2, 0.25) is 0 Å². The van der Waals surface area contributed by atoms with E-state index in [9.17, 15) is 0 Å². The first kappa shape index (κ1) is 25.1. The monoisotopic (exact) mass is 577 g/mol. The van der Waals surface area contributed by atoms with Crippen LogP contribution in [0.4, 0.5) is 0 Å². The van der Waals surface area contributed by atoms with E-state index in [1.54, 1.807) is 0 Å². The SMILES string of the molecule is c1ccc(-c2cc(-c3ccccc3)cc(-c3ccc(-n4c5ccccc5c5ccc6sc7ccccc7c6c54)cc3)c2)cc1. The molecule has 0 saturated carbocycles. The van der Waals surface area contributed by atoms with Crippen molar-refractivity contribution in [3.05, 3.63) is 164 Å². The van der Waals surface area contributed by atoms with Crippen molar-refractivity contribution < 1.29 is 0 Å². The van der Waals surface area contributed by atoms with Crippen LogP contribution in [0, 0.1) is 0 Å². The largest absolute Gasteiger partial charge is 0.309 e. The van der Waals surface area contributed by atoms with Gasteiger partial charge in [-0.05, 0) is 81.9 Å². The number of benzene rings is 7. The number of para-hydroxylation sites is 1. The Morgan fingerprint density at radius 1 is 0.364 bits per heavy atom. The van der Waals surface area contributed by atoms with Crippen molar-refractivity contribution in [1.29, 1.82) is 0 Å². The third-order valence-electron chi connectivity index (χ3n) is 8.78. The van der Waals surface area contributed by atoms with Crippen molar-refractivity contribution in [2.75, 3.05) is 0 Å². The molecule has 7 aromatic carbocycles. The van der Waals surface area contributed by atoms with Crippen LogP contribution < -0.4 is 0 Å². The fourth-order valence-electron chi connectivity index (χ4n) is 6.72. The van der Waals surface area contributed by atoms with E-state index in [-0.39, 0.29) is 0 Å². The number of aromatic nitrogens is 1. The Bertz CT molecular complexity index is 2410. The number of hydrogen-bond donors (Lipinski definition) is 0. The first-order valence-corrected chi connectivity index (χ1v) is 15.8. The fourth-order valence-corrected chi connectivity index (χ4v) is 7.83. The van der Waals surface area contributed by atoms with Gasteiger partial charge in [0.05, 0.1) is 11.0 Å². The standard InChI is InChI=1S/C42H27NS/c1-3-11-28(12-4-1)31-25-32(29-13-5-2-6-14-29)27-33(26-31)30-19-21-34(22-20-30)43-38-17-9-7-15-35(38)36-23-24-40-41(42(36)43)37-16-8-10-18-39(37)44-40/h1-27H. The van der Waals surface area contributed by atoms with Crippen LogP contribution in [0.5, 0.6) is 0 Å². The van der Waals surface area contributed by atoms with Gasteiger partial charge in [-0.1, -0.05) is 115 Å². The Hall–Kier alpha value is -5.44. The van der Waals surface area contributed by atoms with Gasteiger partial charge in [-0.15, -0.1) is 11.3 Å². The van der Waals surface area contributed by atoms with E-state index < -0.39 is 0 Å². The molecule has 206 valence electrons. The zero-order chi connectivity index (χ0) is 29.0. The Morgan fingerprint density at radius 2 is 0.909 bits per heavy atom. The molecule has 0 aliphatic carbocycles. The predicted molar refractivity (Wildman–Crippen MR) is 190 cm³/mol. The molecule has 0 unspecified atom stereocenters. The van der Waals surface area contributed by atoms with Crippen molar-refractivity contribution in [3.63, 3.8) is 0 Å². The minimum absolute atomic E-state index is 1.17. The first-order chi connectivity index (χ1) is 21.8. The molecule has 0 amide bonds. The Morgan fingerprint density at radius 3 is 1.57 bits per heavy atom. The smallest absolute Gasteiger partial charge is 0.0634 e. The highest BCUT2D eigenvalue weighted by Crippen LogP contribution is 2.43. The minimum atomic E-state index is 1.17. The molecule has 1 nitrogen and oxygen atoms in total. The molecule has 0 aliphatic heterocycles. The van der Waals surface area contributed by atoms with Gasteiger partial charge < -0.3 is 4.57 Å². The minimum Gasteiger partial charge on any atom is -0.309 e. The third-order valence-corrected chi connectivity index (χ3v) is 9.92. The molecule has 44 heavy (non-hydrogen) atoms. The highest BCUT2D eigenvalue weighted by Gasteiger charge is 2.18. The second-order valence-corrected chi connectivity index (χ2v) is 12.4. The maximum atomic E-state index is 2.46. The van der Waals surface area contributed by atoms with Gasteiger partial charge in [0.1, 0.15) is 0 Å². The van der Waals surface area contributed by atoms with E-state index in [1.165, 1.54) is 81.0 Å². The summed E-state index contributed by atoms with van der Waals surface area (Å²) in [5.74, 6) is 0. The molecule has 0 N–H and O–H groups in total. The molecule has 0 saturated heterocycles. The predicted octanol–water partition coefficient (Wildman–Crippen LogP) is 12.2. The number of nitrogens with zero attached hydrogens (tertiary/aromatic N) is 1. The van der Waals surface area contributed by atoms with Crippen molar-refractivity contribution in [2.24, 2.45) is 0 Å². The lowest BCUT2D eigenvalue weighted by atomic mass is 9.93. The molecule has 2 heterocycles. The Labute approximate surface area is 259 Å². The molecular weight excluding hydrogens is 551 g/mol. The molecule has 0 radical (unpaired) electrons. The second kappa shape index (κ2) is 10.1. The molecule has 9 rings (SSSR count). The zero-order valence-corrected chi connectivity index (χ0v) is 24.8. The number of rotatable bonds is 4. The summed E-state index contributed by atoms with van der Waals surface area (Å²) in [6.45, 7) is 0. The first-order valence-electron chi connectivity index (χ1n) is 15.0. The highest BCUT2D eigenvalue weighted by atomic mass is 32.1. The summed E-state index contributed by atoms with van der Waals surface area (Å²) in [4.78, 5) is 0. The van der Waals surface area contributed by atoms with Crippen molar-refractivity contribution >= 4 is 53.3 Å². The van der Waals surface area contributed by atoms with Crippen LogP contribution in [-0.2, 0) is 0 Å². The van der Waals surface area contributed by atoms with Crippen LogP contribution in [0.3, 0.4) is 0 Å². The van der Waals surface area contributed by atoms with E-state index in [2.05, 4.69) is 168 Å². The molecule has 0 bridgehead atoms. The average molecular weight is 578 g/mol. The van der Waals surface area contributed by atoms with Gasteiger partial charge >= 0.3 is 0 Å². The van der Waals surface area contributed by atoms with Gasteiger partial charge in [-0.3, -0.25) is 0 Å². The van der Waals surface area contributed by atoms with E-state index in [0.29, 0.717) is 0 Å². The van der Waals surface area contributed by atoms with Crippen LogP contribution in [0.15, 0.2) is 164 Å². The molecule has 0 spiro atoms. The summed E-state index contributed by atoms with van der Waals surface area (Å²) in [6.07, 6.45) is 0. The molecule has 0 aliphatic rings. The van der Waals surface area contributed by atoms with Gasteiger partial charge in [0.15, 0.2) is 0 Å². The van der Waals surface area contributed by atoms with Crippen LogP contribution in [0.1, 0.15) is 0 Å². The van der Waals surface area contributed by atoms with Crippen LogP contribution in [0.2, 0.25) is 0 Å². The summed E-state index contributed by atoms with van der Waals surface area (Å²) in [5.41, 5.74) is 11.0. The third kappa shape index (κ3) is 4.00. The topological polar surface area (TPSA) is 4.93 Å². The average Bonchev–Trinajstić information content (AvgIpc) is 3.65. The summed E-state index contributed by atoms with van der Waals surface area (Å²) in [6, 6.07) is 59.6. The normalized spacial score (nSPS) is 11.6. The van der Waals surface area contributed by atoms with Gasteiger partial charge in [-0.2, -0.15) is 0 Å². The maximum absolute atomic E-state index is 2.46. The molecule has 2 aromatic heterocycles. The second-order valence-electron chi connectivity index (χ2n) is 11.4. The number of fused-ring (bicyclic) bond motifs is 7. The molecule has 0 atom stereocenters. The van der Waals surface area contributed by atoms with E-state index >= 15 is 0 Å². The van der Waals surface area contributed by atoms with Crippen molar-refractivity contribution in [3.8, 4) is 39.1 Å². The van der Waals surface area contributed by atoms with Gasteiger partial charge in [0, 0.05) is 36.6 Å². The maximum Gasteiger partial charge on any atom is 0.0634 e. The molecule has 9 aromatic rings. The lowest BCUT2D eigenvalue weighted by Crippen LogP contribution is -1.94. The highest BCUT2D eigenvalue weighted by molar-refractivity contribution is 7.26. The van der Waals surface area contributed by atoms with E-state index in [1.807, 2.05) is 11.3 Å². The lowest BCUT2D eigenvalue weighted by Gasteiger charge is -2.13. The van der Waals surface area contributed by atoms with E-state index in [4.69, 9.17) is 0 Å². The Kier molecular flexibility index (Phi) is 5.75. The Balaban J connectivity index is 1.25. The van der Waals surface area contributed by atoms with Gasteiger partial charge in [0.25, 0.3) is 0 Å².